The number of amides is 1. The average molecular weight is 275 g/mol. The van der Waals surface area contributed by atoms with Crippen LogP contribution in [-0.4, -0.2) is 17.4 Å². The first kappa shape index (κ1) is 12.5. The molecule has 3 rings (SSSR count). The Kier molecular flexibility index (Phi) is 2.98. The van der Waals surface area contributed by atoms with Crippen molar-refractivity contribution < 1.29 is 4.79 Å². The van der Waals surface area contributed by atoms with Crippen LogP contribution in [0.3, 0.4) is 0 Å². The zero-order chi connectivity index (χ0) is 13.6. The molecule has 1 aromatic heterocycles. The molecule has 1 amide bonds. The standard InChI is InChI=1S/C14H17N3OS/c1-8(9-2-3-9)14(18)17-5-4-10-11(6-15)13(16)19-12(10)7-17/h8-9H,2-5,7,16H2,1H3. The summed E-state index contributed by atoms with van der Waals surface area (Å²) in [5, 5.41) is 9.70. The predicted molar refractivity (Wildman–Crippen MR) is 74.5 cm³/mol. The van der Waals surface area contributed by atoms with Crippen molar-refractivity contribution >= 4 is 22.2 Å². The maximum absolute atomic E-state index is 12.4. The number of hydrogen-bond acceptors (Lipinski definition) is 4. The molecule has 0 spiro atoms. The van der Waals surface area contributed by atoms with Gasteiger partial charge in [-0.2, -0.15) is 5.26 Å². The maximum Gasteiger partial charge on any atom is 0.226 e. The first-order valence-electron chi connectivity index (χ1n) is 6.70. The molecule has 1 atom stereocenters. The van der Waals surface area contributed by atoms with Crippen LogP contribution in [0.25, 0.3) is 0 Å². The second-order valence-corrected chi connectivity index (χ2v) is 6.63. The van der Waals surface area contributed by atoms with Crippen molar-refractivity contribution in [2.24, 2.45) is 11.8 Å². The number of thiophene rings is 1. The smallest absolute Gasteiger partial charge is 0.226 e. The van der Waals surface area contributed by atoms with Crippen molar-refractivity contribution in [3.8, 4) is 6.07 Å². The monoisotopic (exact) mass is 275 g/mol. The molecule has 0 bridgehead atoms. The van der Waals surface area contributed by atoms with Gasteiger partial charge < -0.3 is 10.6 Å². The summed E-state index contributed by atoms with van der Waals surface area (Å²) in [7, 11) is 0. The van der Waals surface area contributed by atoms with E-state index in [-0.39, 0.29) is 11.8 Å². The van der Waals surface area contributed by atoms with Gasteiger partial charge in [-0.1, -0.05) is 6.92 Å². The van der Waals surface area contributed by atoms with Crippen LogP contribution in [0.15, 0.2) is 0 Å². The number of nitriles is 1. The van der Waals surface area contributed by atoms with Crippen molar-refractivity contribution in [3.05, 3.63) is 16.0 Å². The number of nitrogen functional groups attached to an aromatic ring is 1. The van der Waals surface area contributed by atoms with Gasteiger partial charge in [-0.15, -0.1) is 11.3 Å². The van der Waals surface area contributed by atoms with E-state index in [4.69, 9.17) is 11.0 Å². The number of nitrogens with zero attached hydrogens (tertiary/aromatic N) is 2. The Balaban J connectivity index is 1.79. The molecule has 19 heavy (non-hydrogen) atoms. The molecule has 0 radical (unpaired) electrons. The fraction of sp³-hybridized carbons (Fsp3) is 0.571. The topological polar surface area (TPSA) is 70.1 Å². The highest BCUT2D eigenvalue weighted by Crippen LogP contribution is 2.39. The van der Waals surface area contributed by atoms with Gasteiger partial charge in [0.2, 0.25) is 5.91 Å². The minimum atomic E-state index is 0.147. The highest BCUT2D eigenvalue weighted by molar-refractivity contribution is 7.16. The van der Waals surface area contributed by atoms with Gasteiger partial charge in [0.25, 0.3) is 0 Å². The van der Waals surface area contributed by atoms with Crippen molar-refractivity contribution in [2.45, 2.75) is 32.7 Å². The van der Waals surface area contributed by atoms with E-state index in [1.54, 1.807) is 0 Å². The summed E-state index contributed by atoms with van der Waals surface area (Å²) in [4.78, 5) is 15.4. The molecule has 1 aliphatic heterocycles. The lowest BCUT2D eigenvalue weighted by Gasteiger charge is -2.29. The van der Waals surface area contributed by atoms with Gasteiger partial charge in [0.15, 0.2) is 0 Å². The molecule has 100 valence electrons. The van der Waals surface area contributed by atoms with Crippen LogP contribution in [0.1, 0.15) is 35.8 Å². The molecular weight excluding hydrogens is 258 g/mol. The largest absolute Gasteiger partial charge is 0.389 e. The number of anilines is 1. The molecule has 0 aromatic carbocycles. The Labute approximate surface area is 116 Å². The number of hydrogen-bond donors (Lipinski definition) is 1. The van der Waals surface area contributed by atoms with Crippen LogP contribution in [0.2, 0.25) is 0 Å². The average Bonchev–Trinajstić information content (AvgIpc) is 3.19. The molecule has 1 unspecified atom stereocenters. The minimum absolute atomic E-state index is 0.147. The first-order valence-corrected chi connectivity index (χ1v) is 7.52. The summed E-state index contributed by atoms with van der Waals surface area (Å²) in [5.41, 5.74) is 7.55. The van der Waals surface area contributed by atoms with Crippen LogP contribution in [0.5, 0.6) is 0 Å². The zero-order valence-corrected chi connectivity index (χ0v) is 11.8. The van der Waals surface area contributed by atoms with E-state index >= 15 is 0 Å². The number of carbonyl (C=O) groups is 1. The molecule has 0 saturated heterocycles. The first-order chi connectivity index (χ1) is 9.11. The predicted octanol–water partition coefficient (Wildman–Crippen LogP) is 2.13. The van der Waals surface area contributed by atoms with E-state index in [2.05, 4.69) is 6.07 Å². The highest BCUT2D eigenvalue weighted by Gasteiger charge is 2.36. The second-order valence-electron chi connectivity index (χ2n) is 5.49. The summed E-state index contributed by atoms with van der Waals surface area (Å²) in [6.07, 6.45) is 3.14. The van der Waals surface area contributed by atoms with Crippen molar-refractivity contribution in [3.63, 3.8) is 0 Å². The third-order valence-corrected chi connectivity index (χ3v) is 5.27. The molecule has 2 aliphatic rings. The summed E-state index contributed by atoms with van der Waals surface area (Å²) in [6.45, 7) is 3.38. The molecule has 1 aliphatic carbocycles. The molecule has 1 saturated carbocycles. The molecule has 2 N–H and O–H groups in total. The molecule has 1 aromatic rings. The van der Waals surface area contributed by atoms with E-state index in [9.17, 15) is 4.79 Å². The molecule has 4 nitrogen and oxygen atoms in total. The maximum atomic E-state index is 12.4. The van der Waals surface area contributed by atoms with E-state index in [1.807, 2.05) is 11.8 Å². The van der Waals surface area contributed by atoms with Crippen LogP contribution < -0.4 is 5.73 Å². The lowest BCUT2D eigenvalue weighted by atomic mass is 10.00. The third kappa shape index (κ3) is 2.10. The van der Waals surface area contributed by atoms with Gasteiger partial charge in [-0.25, -0.2) is 0 Å². The number of nitrogens with two attached hydrogens (primary N) is 1. The fourth-order valence-corrected chi connectivity index (χ4v) is 3.91. The van der Waals surface area contributed by atoms with Crippen LogP contribution >= 0.6 is 11.3 Å². The molecule has 2 heterocycles. The van der Waals surface area contributed by atoms with Gasteiger partial charge in [0.1, 0.15) is 11.1 Å². The Hall–Kier alpha value is -1.54. The Morgan fingerprint density at radius 2 is 2.32 bits per heavy atom. The van der Waals surface area contributed by atoms with Gasteiger partial charge in [0, 0.05) is 17.3 Å². The quantitative estimate of drug-likeness (QED) is 0.899. The van der Waals surface area contributed by atoms with E-state index < -0.39 is 0 Å². The van der Waals surface area contributed by atoms with Gasteiger partial charge in [-0.05, 0) is 30.7 Å². The number of rotatable bonds is 2. The van der Waals surface area contributed by atoms with E-state index in [0.29, 0.717) is 29.6 Å². The number of fused-ring (bicyclic) bond motifs is 1. The fourth-order valence-electron chi connectivity index (χ4n) is 2.82. The van der Waals surface area contributed by atoms with Gasteiger partial charge >= 0.3 is 0 Å². The van der Waals surface area contributed by atoms with Gasteiger partial charge in [-0.3, -0.25) is 4.79 Å². The van der Waals surface area contributed by atoms with Crippen LogP contribution in [-0.2, 0) is 17.8 Å². The van der Waals surface area contributed by atoms with E-state index in [0.717, 1.165) is 16.9 Å². The molecule has 5 heteroatoms. The lowest BCUT2D eigenvalue weighted by Crippen LogP contribution is -2.39. The zero-order valence-electron chi connectivity index (χ0n) is 11.0. The van der Waals surface area contributed by atoms with E-state index in [1.165, 1.54) is 24.2 Å². The second kappa shape index (κ2) is 4.53. The number of carbonyl (C=O) groups excluding carboxylic acids is 1. The lowest BCUT2D eigenvalue weighted by molar-refractivity contribution is -0.136. The van der Waals surface area contributed by atoms with Crippen molar-refractivity contribution in [2.75, 3.05) is 12.3 Å². The summed E-state index contributed by atoms with van der Waals surface area (Å²) < 4.78 is 0. The summed E-state index contributed by atoms with van der Waals surface area (Å²) in [5.74, 6) is 1.00. The highest BCUT2D eigenvalue weighted by atomic mass is 32.1. The summed E-state index contributed by atoms with van der Waals surface area (Å²) >= 11 is 1.46. The Morgan fingerprint density at radius 3 is 2.95 bits per heavy atom. The summed E-state index contributed by atoms with van der Waals surface area (Å²) in [6, 6.07) is 2.18. The van der Waals surface area contributed by atoms with Gasteiger partial charge in [0.05, 0.1) is 12.1 Å². The van der Waals surface area contributed by atoms with Crippen LogP contribution in [0.4, 0.5) is 5.00 Å². The molecular formula is C14H17N3OS. The van der Waals surface area contributed by atoms with Crippen molar-refractivity contribution in [1.29, 1.82) is 5.26 Å². The Morgan fingerprint density at radius 1 is 1.58 bits per heavy atom. The SMILES string of the molecule is CC(C(=O)N1CCc2c(sc(N)c2C#N)C1)C1CC1. The van der Waals surface area contributed by atoms with Crippen molar-refractivity contribution in [1.82, 2.24) is 4.90 Å². The normalized spacial score (nSPS) is 19.7. The van der Waals surface area contributed by atoms with Crippen LogP contribution in [0, 0.1) is 23.2 Å². The third-order valence-electron chi connectivity index (χ3n) is 4.23. The molecule has 1 fully saturated rings. The minimum Gasteiger partial charge on any atom is -0.389 e. The Bertz CT molecular complexity index is 568.